The van der Waals surface area contributed by atoms with E-state index in [9.17, 15) is 18.0 Å². The van der Waals surface area contributed by atoms with Gasteiger partial charge in [0.25, 0.3) is 0 Å². The molecule has 0 aliphatic carbocycles. The summed E-state index contributed by atoms with van der Waals surface area (Å²) in [7, 11) is 0. The second-order valence-corrected chi connectivity index (χ2v) is 8.94. The summed E-state index contributed by atoms with van der Waals surface area (Å²) in [5, 5.41) is 5.10. The Bertz CT molecular complexity index is 1870. The van der Waals surface area contributed by atoms with Gasteiger partial charge in [0, 0.05) is 33.8 Å². The molecule has 40 heavy (non-hydrogen) atoms. The monoisotopic (exact) mass is 539 g/mol. The second-order valence-electron chi connectivity index (χ2n) is 8.94. The maximum atomic E-state index is 13.4. The van der Waals surface area contributed by atoms with E-state index in [-0.39, 0.29) is 17.1 Å². The van der Waals surface area contributed by atoms with Crippen LogP contribution in [-0.4, -0.2) is 22.1 Å². The first kappa shape index (κ1) is 24.9. The largest absolute Gasteiger partial charge is 0.472 e. The fourth-order valence-corrected chi connectivity index (χ4v) is 4.55. The number of alkyl halides is 3. The quantitative estimate of drug-likeness (QED) is 0.219. The summed E-state index contributed by atoms with van der Waals surface area (Å²) in [5.41, 5.74) is 9.30. The summed E-state index contributed by atoms with van der Waals surface area (Å²) in [6.45, 7) is 0. The number of hydrogen-bond acceptors (Lipinski definition) is 6. The third kappa shape index (κ3) is 4.55. The van der Waals surface area contributed by atoms with Crippen LogP contribution in [0.3, 0.4) is 0 Å². The summed E-state index contributed by atoms with van der Waals surface area (Å²) in [6, 6.07) is 27.1. The molecule has 0 aliphatic heterocycles. The fraction of sp³-hybridized carbons (Fsp3) is 0.0333. The summed E-state index contributed by atoms with van der Waals surface area (Å²) in [6.07, 6.45) is -3.69. The summed E-state index contributed by atoms with van der Waals surface area (Å²) in [5.74, 6) is -1.59. The number of halogens is 3. The highest BCUT2D eigenvalue weighted by Gasteiger charge is 2.44. The number of aromatic nitrogens is 2. The van der Waals surface area contributed by atoms with E-state index in [0.717, 1.165) is 21.9 Å². The lowest BCUT2D eigenvalue weighted by molar-refractivity contribution is -0.169. The molecule has 0 atom stereocenters. The molecule has 0 aliphatic rings. The van der Waals surface area contributed by atoms with Crippen LogP contribution >= 0.6 is 0 Å². The molecule has 7 nitrogen and oxygen atoms in total. The Kier molecular flexibility index (Phi) is 6.07. The predicted molar refractivity (Wildman–Crippen MR) is 149 cm³/mol. The first-order valence-electron chi connectivity index (χ1n) is 12.1. The molecule has 2 heterocycles. The number of rotatable bonds is 5. The molecule has 198 valence electrons. The third-order valence-corrected chi connectivity index (χ3v) is 6.37. The molecular weight excluding hydrogens is 519 g/mol. The number of nitrogens with zero attached hydrogens (tertiary/aromatic N) is 3. The highest BCUT2D eigenvalue weighted by Crippen LogP contribution is 2.37. The minimum atomic E-state index is -5.10. The van der Waals surface area contributed by atoms with Crippen LogP contribution in [-0.2, 0) is 4.79 Å². The molecule has 0 fully saturated rings. The second kappa shape index (κ2) is 9.73. The van der Waals surface area contributed by atoms with Crippen molar-refractivity contribution in [2.75, 3.05) is 16.0 Å². The molecule has 0 unspecified atom stereocenters. The van der Waals surface area contributed by atoms with Crippen LogP contribution in [0, 0.1) is 0 Å². The molecule has 3 N–H and O–H groups in total. The van der Waals surface area contributed by atoms with E-state index in [4.69, 9.17) is 10.2 Å². The smallest absolute Gasteiger partial charge is 0.455 e. The lowest BCUT2D eigenvalue weighted by atomic mass is 10.1. The van der Waals surface area contributed by atoms with Crippen molar-refractivity contribution in [1.29, 1.82) is 0 Å². The number of anilines is 5. The number of nitrogen functional groups attached to an aromatic ring is 1. The molecule has 0 saturated heterocycles. The Labute approximate surface area is 225 Å². The molecule has 0 radical (unpaired) electrons. The van der Waals surface area contributed by atoms with E-state index >= 15 is 0 Å². The standard InChI is InChI=1S/C30H20F3N5O2/c31-30(32,33)29(39)38(25-10-3-2-9-23(25)34)19-14-12-18(13-15-19)37-27-16-24(35-17-36-27)22-8-5-7-21-20-6-1-4-11-26(20)40-28(21)22/h1-17H,34H2,(H,35,36,37). The Morgan fingerprint density at radius 3 is 2.35 bits per heavy atom. The van der Waals surface area contributed by atoms with Crippen molar-refractivity contribution in [3.05, 3.63) is 103 Å². The molecule has 2 aromatic heterocycles. The van der Waals surface area contributed by atoms with Gasteiger partial charge in [-0.1, -0.05) is 42.5 Å². The minimum Gasteiger partial charge on any atom is -0.455 e. The van der Waals surface area contributed by atoms with E-state index in [1.54, 1.807) is 24.3 Å². The number of furan rings is 1. The number of nitrogens with one attached hydrogen (secondary N) is 1. The van der Waals surface area contributed by atoms with Gasteiger partial charge >= 0.3 is 12.1 Å². The maximum absolute atomic E-state index is 13.4. The van der Waals surface area contributed by atoms with Gasteiger partial charge in [-0.05, 0) is 48.5 Å². The summed E-state index contributed by atoms with van der Waals surface area (Å²) < 4.78 is 46.4. The van der Waals surface area contributed by atoms with Gasteiger partial charge in [-0.25, -0.2) is 9.97 Å². The average Bonchev–Trinajstić information content (AvgIpc) is 3.34. The molecule has 6 aromatic rings. The third-order valence-electron chi connectivity index (χ3n) is 6.37. The van der Waals surface area contributed by atoms with Gasteiger partial charge in [-0.3, -0.25) is 9.69 Å². The van der Waals surface area contributed by atoms with Gasteiger partial charge in [0.15, 0.2) is 0 Å². The Morgan fingerprint density at radius 2 is 1.57 bits per heavy atom. The van der Waals surface area contributed by atoms with Crippen LogP contribution in [0.2, 0.25) is 0 Å². The Balaban J connectivity index is 1.31. The van der Waals surface area contributed by atoms with Crippen LogP contribution in [0.15, 0.2) is 108 Å². The summed E-state index contributed by atoms with van der Waals surface area (Å²) >= 11 is 0. The molecule has 4 aromatic carbocycles. The van der Waals surface area contributed by atoms with Crippen molar-refractivity contribution in [1.82, 2.24) is 9.97 Å². The van der Waals surface area contributed by atoms with Crippen molar-refractivity contribution in [3.63, 3.8) is 0 Å². The van der Waals surface area contributed by atoms with Crippen LogP contribution in [0.1, 0.15) is 0 Å². The maximum Gasteiger partial charge on any atom is 0.472 e. The zero-order chi connectivity index (χ0) is 27.9. The topological polar surface area (TPSA) is 97.3 Å². The van der Waals surface area contributed by atoms with Crippen molar-refractivity contribution in [3.8, 4) is 11.3 Å². The van der Waals surface area contributed by atoms with E-state index in [0.29, 0.717) is 27.7 Å². The lowest BCUT2D eigenvalue weighted by Crippen LogP contribution is -2.38. The minimum absolute atomic E-state index is 0.00529. The number of benzene rings is 4. The molecular formula is C30H20F3N5O2. The van der Waals surface area contributed by atoms with Gasteiger partial charge in [-0.15, -0.1) is 0 Å². The Hall–Kier alpha value is -5.38. The number of para-hydroxylation sites is 4. The molecule has 0 bridgehead atoms. The zero-order valence-electron chi connectivity index (χ0n) is 20.7. The number of carbonyl (C=O) groups is 1. The van der Waals surface area contributed by atoms with Crippen molar-refractivity contribution in [2.45, 2.75) is 6.18 Å². The van der Waals surface area contributed by atoms with E-state index < -0.39 is 12.1 Å². The lowest BCUT2D eigenvalue weighted by Gasteiger charge is -2.25. The number of nitrogens with two attached hydrogens (primary N) is 1. The van der Waals surface area contributed by atoms with E-state index in [1.807, 2.05) is 42.5 Å². The van der Waals surface area contributed by atoms with Gasteiger partial charge in [0.2, 0.25) is 0 Å². The summed E-state index contributed by atoms with van der Waals surface area (Å²) in [4.78, 5) is 21.6. The molecule has 0 spiro atoms. The van der Waals surface area contributed by atoms with E-state index in [2.05, 4.69) is 15.3 Å². The first-order chi connectivity index (χ1) is 19.3. The van der Waals surface area contributed by atoms with Crippen LogP contribution < -0.4 is 16.0 Å². The van der Waals surface area contributed by atoms with Crippen LogP contribution in [0.4, 0.5) is 41.7 Å². The highest BCUT2D eigenvalue weighted by molar-refractivity contribution is 6.09. The average molecular weight is 540 g/mol. The predicted octanol–water partition coefficient (Wildman–Crippen LogP) is 7.60. The molecule has 1 amide bonds. The normalized spacial score (nSPS) is 11.6. The van der Waals surface area contributed by atoms with Gasteiger partial charge in [-0.2, -0.15) is 13.2 Å². The molecule has 6 rings (SSSR count). The van der Waals surface area contributed by atoms with Crippen LogP contribution in [0.25, 0.3) is 33.2 Å². The first-order valence-corrected chi connectivity index (χ1v) is 12.1. The molecule has 0 saturated carbocycles. The number of hydrogen-bond donors (Lipinski definition) is 2. The van der Waals surface area contributed by atoms with Gasteiger partial charge in [0.05, 0.1) is 17.1 Å². The van der Waals surface area contributed by atoms with Crippen LogP contribution in [0.5, 0.6) is 0 Å². The molecule has 10 heteroatoms. The number of amides is 1. The fourth-order valence-electron chi connectivity index (χ4n) is 4.55. The van der Waals surface area contributed by atoms with Crippen molar-refractivity contribution in [2.24, 2.45) is 0 Å². The van der Waals surface area contributed by atoms with Crippen molar-refractivity contribution < 1.29 is 22.4 Å². The number of fused-ring (bicyclic) bond motifs is 3. The van der Waals surface area contributed by atoms with Gasteiger partial charge in [0.1, 0.15) is 23.3 Å². The van der Waals surface area contributed by atoms with Gasteiger partial charge < -0.3 is 15.5 Å². The SMILES string of the molecule is Nc1ccccc1N(C(=O)C(F)(F)F)c1ccc(Nc2cc(-c3cccc4c3oc3ccccc34)ncn2)cc1. The zero-order valence-corrected chi connectivity index (χ0v) is 20.7. The van der Waals surface area contributed by atoms with Crippen molar-refractivity contribution >= 4 is 56.4 Å². The Morgan fingerprint density at radius 1 is 0.850 bits per heavy atom. The van der Waals surface area contributed by atoms with E-state index in [1.165, 1.54) is 36.7 Å². The highest BCUT2D eigenvalue weighted by atomic mass is 19.4. The number of carbonyl (C=O) groups excluding carboxylic acids is 1.